The lowest BCUT2D eigenvalue weighted by Crippen LogP contribution is -2.33. The lowest BCUT2D eigenvalue weighted by molar-refractivity contribution is 0.249. The number of nitrogens with zero attached hydrogens (tertiary/aromatic N) is 3. The number of halogens is 1. The lowest BCUT2D eigenvalue weighted by atomic mass is 9.89. The fraction of sp³-hybridized carbons (Fsp3) is 0.625. The number of hydrogen-bond donors (Lipinski definition) is 0. The van der Waals surface area contributed by atoms with Crippen molar-refractivity contribution in [1.82, 2.24) is 14.5 Å². The van der Waals surface area contributed by atoms with Gasteiger partial charge in [-0.05, 0) is 25.3 Å². The van der Waals surface area contributed by atoms with Gasteiger partial charge in [0.1, 0.15) is 11.3 Å². The average molecular weight is 310 g/mol. The third-order valence-electron chi connectivity index (χ3n) is 4.52. The van der Waals surface area contributed by atoms with Crippen LogP contribution >= 0.6 is 11.6 Å². The van der Waals surface area contributed by atoms with Gasteiger partial charge in [-0.25, -0.2) is 4.98 Å². The largest absolute Gasteiger partial charge is 0.481 e. The third-order valence-corrected chi connectivity index (χ3v) is 4.71. The molecule has 2 rings (SSSR count). The molecule has 2 heterocycles. The normalized spacial score (nSPS) is 12.0. The van der Waals surface area contributed by atoms with Crippen LogP contribution in [0.2, 0.25) is 0 Å². The van der Waals surface area contributed by atoms with E-state index in [4.69, 9.17) is 21.3 Å². The highest BCUT2D eigenvalue weighted by molar-refractivity contribution is 6.17. The number of pyridine rings is 1. The second kappa shape index (κ2) is 6.65. The van der Waals surface area contributed by atoms with E-state index in [1.165, 1.54) is 0 Å². The molecule has 2 aromatic heterocycles. The van der Waals surface area contributed by atoms with E-state index in [-0.39, 0.29) is 5.54 Å². The second-order valence-corrected chi connectivity index (χ2v) is 5.66. The van der Waals surface area contributed by atoms with Gasteiger partial charge in [-0.3, -0.25) is 0 Å². The maximum atomic E-state index is 5.98. The zero-order chi connectivity index (χ0) is 15.5. The Labute approximate surface area is 131 Å². The number of rotatable bonds is 7. The van der Waals surface area contributed by atoms with Crippen LogP contribution in [0.1, 0.15) is 45.9 Å². The van der Waals surface area contributed by atoms with E-state index >= 15 is 0 Å². The molecule has 0 aliphatic heterocycles. The highest BCUT2D eigenvalue weighted by Crippen LogP contribution is 2.34. The highest BCUT2D eigenvalue weighted by atomic mass is 35.5. The number of aryl methyl sites for hydroxylation is 1. The van der Waals surface area contributed by atoms with E-state index < -0.39 is 0 Å². The van der Waals surface area contributed by atoms with E-state index in [1.807, 2.05) is 12.1 Å². The van der Waals surface area contributed by atoms with Crippen LogP contribution in [-0.4, -0.2) is 27.5 Å². The molecular weight excluding hydrogens is 286 g/mol. The van der Waals surface area contributed by atoms with Gasteiger partial charge >= 0.3 is 0 Å². The van der Waals surface area contributed by atoms with Crippen molar-refractivity contribution in [2.75, 3.05) is 13.0 Å². The van der Waals surface area contributed by atoms with Gasteiger partial charge in [0.2, 0.25) is 5.88 Å². The Bertz CT molecular complexity index is 597. The van der Waals surface area contributed by atoms with E-state index in [2.05, 4.69) is 30.3 Å². The summed E-state index contributed by atoms with van der Waals surface area (Å²) < 4.78 is 7.58. The van der Waals surface area contributed by atoms with Crippen molar-refractivity contribution < 1.29 is 4.74 Å². The summed E-state index contributed by atoms with van der Waals surface area (Å²) in [5, 5.41) is 0. The van der Waals surface area contributed by atoms with Gasteiger partial charge in [0.05, 0.1) is 7.11 Å². The molecule has 0 atom stereocenters. The molecule has 0 aliphatic rings. The molecule has 116 valence electrons. The summed E-state index contributed by atoms with van der Waals surface area (Å²) in [6, 6.07) is 3.83. The third kappa shape index (κ3) is 2.73. The predicted molar refractivity (Wildman–Crippen MR) is 87.4 cm³/mol. The van der Waals surface area contributed by atoms with Crippen LogP contribution in [0.4, 0.5) is 0 Å². The Morgan fingerprint density at radius 2 is 1.81 bits per heavy atom. The molecule has 0 aromatic carbocycles. The molecule has 0 saturated carbocycles. The lowest BCUT2D eigenvalue weighted by Gasteiger charge is -2.34. The molecule has 0 fully saturated rings. The van der Waals surface area contributed by atoms with Crippen molar-refractivity contribution in [3.05, 3.63) is 18.0 Å². The van der Waals surface area contributed by atoms with Gasteiger partial charge in [0.15, 0.2) is 5.65 Å². The van der Waals surface area contributed by atoms with E-state index in [1.54, 1.807) is 7.11 Å². The number of alkyl halides is 1. The number of imidazole rings is 1. The molecule has 0 unspecified atom stereocenters. The van der Waals surface area contributed by atoms with Gasteiger partial charge in [-0.2, -0.15) is 4.98 Å². The number of methoxy groups -OCH3 is 1. The van der Waals surface area contributed by atoms with Crippen LogP contribution in [0.5, 0.6) is 5.88 Å². The van der Waals surface area contributed by atoms with Crippen molar-refractivity contribution >= 4 is 22.8 Å². The molecule has 0 bridgehead atoms. The second-order valence-electron chi connectivity index (χ2n) is 5.28. The monoisotopic (exact) mass is 309 g/mol. The minimum atomic E-state index is 0.0372. The SMILES string of the molecule is CCC(CC)(CC)n1c(CCCl)nc2ccc(OC)nc21. The molecule has 0 radical (unpaired) electrons. The number of ether oxygens (including phenoxy) is 1. The molecule has 21 heavy (non-hydrogen) atoms. The van der Waals surface area contributed by atoms with Gasteiger partial charge in [0.25, 0.3) is 0 Å². The molecular formula is C16H24ClN3O. The minimum Gasteiger partial charge on any atom is -0.481 e. The number of fused-ring (bicyclic) bond motifs is 1. The van der Waals surface area contributed by atoms with Gasteiger partial charge in [-0.1, -0.05) is 20.8 Å². The Balaban J connectivity index is 2.74. The Morgan fingerprint density at radius 3 is 2.33 bits per heavy atom. The maximum Gasteiger partial charge on any atom is 0.215 e. The number of aromatic nitrogens is 3. The average Bonchev–Trinajstić information content (AvgIpc) is 2.88. The molecule has 0 spiro atoms. The summed E-state index contributed by atoms with van der Waals surface area (Å²) in [6.07, 6.45) is 3.88. The zero-order valence-corrected chi connectivity index (χ0v) is 14.1. The first-order valence-electron chi connectivity index (χ1n) is 7.64. The highest BCUT2D eigenvalue weighted by Gasteiger charge is 2.31. The summed E-state index contributed by atoms with van der Waals surface area (Å²) >= 11 is 5.98. The smallest absolute Gasteiger partial charge is 0.215 e. The minimum absolute atomic E-state index is 0.0372. The molecule has 2 aromatic rings. The van der Waals surface area contributed by atoms with E-state index in [9.17, 15) is 0 Å². The summed E-state index contributed by atoms with van der Waals surface area (Å²) in [5.41, 5.74) is 1.85. The van der Waals surface area contributed by atoms with E-state index in [0.29, 0.717) is 11.8 Å². The molecule has 5 heteroatoms. The molecule has 0 amide bonds. The summed E-state index contributed by atoms with van der Waals surface area (Å²) in [5.74, 6) is 2.21. The summed E-state index contributed by atoms with van der Waals surface area (Å²) in [6.45, 7) is 6.68. The fourth-order valence-electron chi connectivity index (χ4n) is 3.08. The van der Waals surface area contributed by atoms with Crippen molar-refractivity contribution in [2.45, 2.75) is 52.0 Å². The van der Waals surface area contributed by atoms with Gasteiger partial charge < -0.3 is 9.30 Å². The molecule has 4 nitrogen and oxygen atoms in total. The molecule has 0 saturated heterocycles. The molecule has 0 N–H and O–H groups in total. The first kappa shape index (κ1) is 16.1. The quantitative estimate of drug-likeness (QED) is 0.721. The van der Waals surface area contributed by atoms with E-state index in [0.717, 1.165) is 42.7 Å². The zero-order valence-electron chi connectivity index (χ0n) is 13.3. The van der Waals surface area contributed by atoms with Crippen LogP contribution in [0.25, 0.3) is 11.2 Å². The first-order valence-corrected chi connectivity index (χ1v) is 8.18. The van der Waals surface area contributed by atoms with Crippen molar-refractivity contribution in [1.29, 1.82) is 0 Å². The maximum absolute atomic E-state index is 5.98. The van der Waals surface area contributed by atoms with Crippen molar-refractivity contribution in [3.8, 4) is 5.88 Å². The van der Waals surface area contributed by atoms with Crippen molar-refractivity contribution in [2.24, 2.45) is 0 Å². The van der Waals surface area contributed by atoms with Crippen LogP contribution in [0, 0.1) is 0 Å². The molecule has 0 aliphatic carbocycles. The van der Waals surface area contributed by atoms with Crippen LogP contribution in [-0.2, 0) is 12.0 Å². The summed E-state index contributed by atoms with van der Waals surface area (Å²) in [4.78, 5) is 9.39. The Morgan fingerprint density at radius 1 is 1.14 bits per heavy atom. The van der Waals surface area contributed by atoms with Crippen LogP contribution in [0.15, 0.2) is 12.1 Å². The Hall–Kier alpha value is -1.29. The van der Waals surface area contributed by atoms with Gasteiger partial charge in [-0.15, -0.1) is 11.6 Å². The summed E-state index contributed by atoms with van der Waals surface area (Å²) in [7, 11) is 1.64. The topological polar surface area (TPSA) is 39.9 Å². The van der Waals surface area contributed by atoms with Crippen LogP contribution in [0.3, 0.4) is 0 Å². The predicted octanol–water partition coefficient (Wildman–Crippen LogP) is 4.15. The fourth-order valence-corrected chi connectivity index (χ4v) is 3.24. The van der Waals surface area contributed by atoms with Gasteiger partial charge in [0, 0.05) is 23.9 Å². The Kier molecular flexibility index (Phi) is 5.09. The number of hydrogen-bond acceptors (Lipinski definition) is 3. The van der Waals surface area contributed by atoms with Crippen LogP contribution < -0.4 is 4.74 Å². The first-order chi connectivity index (χ1) is 10.2. The van der Waals surface area contributed by atoms with Crippen molar-refractivity contribution in [3.63, 3.8) is 0 Å². The standard InChI is InChI=1S/C16H24ClN3O/c1-5-16(6-2,7-3)20-13(10-11-17)18-12-8-9-14(21-4)19-15(12)20/h8-9H,5-7,10-11H2,1-4H3.